The summed E-state index contributed by atoms with van der Waals surface area (Å²) in [5, 5.41) is 13.1. The molecule has 1 saturated carbocycles. The second-order valence-corrected chi connectivity index (χ2v) is 24.2. The van der Waals surface area contributed by atoms with Gasteiger partial charge in [0.2, 0.25) is 0 Å². The number of hydrogen-bond donors (Lipinski definition) is 0. The summed E-state index contributed by atoms with van der Waals surface area (Å²) < 4.78 is 4.86. The molecule has 3 aliphatic carbocycles. The average molecular weight is 1140 g/mol. The first kappa shape index (κ1) is 49.9. The minimum absolute atomic E-state index is 0.666. The Morgan fingerprint density at radius 3 is 1.30 bits per heavy atom. The lowest BCUT2D eigenvalue weighted by atomic mass is 9.89. The topological polar surface area (TPSA) is 61.4 Å². The highest BCUT2D eigenvalue weighted by atomic mass is 15.0. The third kappa shape index (κ3) is 7.63. The summed E-state index contributed by atoms with van der Waals surface area (Å²) in [6.45, 7) is 0. The van der Waals surface area contributed by atoms with Crippen molar-refractivity contribution in [3.8, 4) is 90.0 Å². The van der Waals surface area contributed by atoms with Crippen molar-refractivity contribution in [2.45, 2.75) is 31.6 Å². The van der Waals surface area contributed by atoms with Gasteiger partial charge in [-0.1, -0.05) is 201 Å². The van der Waals surface area contributed by atoms with Gasteiger partial charge in [0.25, 0.3) is 0 Å². The van der Waals surface area contributed by atoms with Crippen LogP contribution in [0.15, 0.2) is 273 Å². The van der Waals surface area contributed by atoms with E-state index in [4.69, 9.17) is 19.9 Å². The molecule has 0 atom stereocenters. The van der Waals surface area contributed by atoms with Crippen LogP contribution < -0.4 is 0 Å². The number of para-hydroxylation sites is 2. The van der Waals surface area contributed by atoms with E-state index in [1.165, 1.54) is 124 Å². The molecule has 0 unspecified atom stereocenters. The summed E-state index contributed by atoms with van der Waals surface area (Å²) in [5.74, 6) is 2.14. The van der Waals surface area contributed by atoms with E-state index in [2.05, 4.69) is 258 Å². The number of nitrogens with zero attached hydrogens (tertiary/aromatic N) is 6. The number of aromatic nitrogens is 6. The Bertz CT molecular complexity index is 5760. The molecule has 0 bridgehead atoms. The van der Waals surface area contributed by atoms with Crippen molar-refractivity contribution < 1.29 is 0 Å². The van der Waals surface area contributed by atoms with Gasteiger partial charge in [0.1, 0.15) is 0 Å². The van der Waals surface area contributed by atoms with Gasteiger partial charge in [0, 0.05) is 65.9 Å². The molecule has 0 aliphatic heterocycles. The van der Waals surface area contributed by atoms with E-state index in [0.717, 1.165) is 78.5 Å². The third-order valence-corrected chi connectivity index (χ3v) is 19.4. The number of rotatable bonds is 8. The summed E-state index contributed by atoms with van der Waals surface area (Å²) in [6.07, 6.45) is 5.30. The van der Waals surface area contributed by atoms with Crippen molar-refractivity contribution in [2.75, 3.05) is 0 Å². The van der Waals surface area contributed by atoms with Crippen molar-refractivity contribution in [1.29, 1.82) is 0 Å². The Balaban J connectivity index is 0.000000129. The van der Waals surface area contributed by atoms with Crippen molar-refractivity contribution in [3.63, 3.8) is 0 Å². The lowest BCUT2D eigenvalue weighted by molar-refractivity contribution is 0.726. The van der Waals surface area contributed by atoms with E-state index in [0.29, 0.717) is 5.92 Å². The molecule has 0 spiro atoms. The second kappa shape index (κ2) is 19.6. The van der Waals surface area contributed by atoms with Crippen molar-refractivity contribution in [1.82, 2.24) is 29.1 Å². The van der Waals surface area contributed by atoms with E-state index in [1.54, 1.807) is 5.56 Å². The molecule has 416 valence electrons. The zero-order chi connectivity index (χ0) is 58.3. The van der Waals surface area contributed by atoms with Gasteiger partial charge >= 0.3 is 0 Å². The Labute approximate surface area is 513 Å². The van der Waals surface area contributed by atoms with Crippen molar-refractivity contribution >= 4 is 87.0 Å². The predicted octanol–water partition coefficient (Wildman–Crippen LogP) is 21.7. The smallest absolute Gasteiger partial charge is 0.160 e. The maximum atomic E-state index is 5.16. The molecule has 0 radical (unpaired) electrons. The number of fused-ring (bicyclic) bond motifs is 4. The van der Waals surface area contributed by atoms with E-state index in [-0.39, 0.29) is 0 Å². The van der Waals surface area contributed by atoms with Crippen molar-refractivity contribution in [3.05, 3.63) is 279 Å². The van der Waals surface area contributed by atoms with Crippen LogP contribution in [-0.4, -0.2) is 29.1 Å². The highest BCUT2D eigenvalue weighted by molar-refractivity contribution is 6.35. The molecule has 3 aliphatic rings. The molecule has 17 aromatic rings. The van der Waals surface area contributed by atoms with E-state index in [9.17, 15) is 0 Å². The monoisotopic (exact) mass is 1130 g/mol. The van der Waals surface area contributed by atoms with Crippen LogP contribution in [0.1, 0.15) is 37.2 Å². The highest BCUT2D eigenvalue weighted by Crippen LogP contribution is 2.54. The zero-order valence-electron chi connectivity index (χ0n) is 48.6. The highest BCUT2D eigenvalue weighted by Gasteiger charge is 2.31. The van der Waals surface area contributed by atoms with E-state index in [1.807, 2.05) is 24.3 Å². The Morgan fingerprint density at radius 2 is 0.708 bits per heavy atom. The standard InChI is InChI=1S/C42H25N3.C41H29N3/c1-2-8-26(9-3-1)27-16-18-29(19-17-27)41-34-11-4-5-14-35(34)43-42(44-41)30-20-23-31(24-21-30)45-36-15-7-13-33-32-12-6-10-28-22-25-37(45)40(38(28)32)39(33)36;1-2-11-27(12-3-1)40-31-14-6-7-16-33(31)42-41(43-40)28-17-20-29(21-18-28)44-34-23-19-26-13-8-15-32-36(26)38(34)39-35(44)24-22-30(37(32)39)25-9-4-5-10-25/h1-25H;1-3,6-8,11-25H,4-5,9-10H2. The molecular weight excluding hydrogens is 1080 g/mol. The van der Waals surface area contributed by atoms with Gasteiger partial charge in [-0.15, -0.1) is 0 Å². The predicted molar refractivity (Wildman–Crippen MR) is 369 cm³/mol. The molecule has 6 nitrogen and oxygen atoms in total. The SMILES string of the molecule is c1ccc(-c2ccc(-c3nc(-c4ccc(-n5c6cccc7c6c6c8c-7cccc8ccc65)cc4)nc4ccccc34)cc2)cc1.c1ccc(-c2nc(-c3ccc(-n4c5ccc(C6CCCC6)c6c5c5c7c-6cccc7ccc54)cc3)nc3ccccc23)cc1. The summed E-state index contributed by atoms with van der Waals surface area (Å²) in [6, 6.07) is 97.8. The van der Waals surface area contributed by atoms with Crippen molar-refractivity contribution in [2.24, 2.45) is 0 Å². The fourth-order valence-corrected chi connectivity index (χ4v) is 15.4. The fraction of sp³-hybridized carbons (Fsp3) is 0.0602. The van der Waals surface area contributed by atoms with Crippen LogP contribution >= 0.6 is 0 Å². The number of hydrogen-bond acceptors (Lipinski definition) is 4. The van der Waals surface area contributed by atoms with E-state index < -0.39 is 0 Å². The van der Waals surface area contributed by atoms with Gasteiger partial charge in [-0.05, 0) is 164 Å². The van der Waals surface area contributed by atoms with Crippen LogP contribution in [0.2, 0.25) is 0 Å². The molecule has 4 heterocycles. The maximum Gasteiger partial charge on any atom is 0.160 e. The molecule has 6 heteroatoms. The molecule has 0 saturated heterocycles. The van der Waals surface area contributed by atoms with Gasteiger partial charge in [-0.3, -0.25) is 0 Å². The van der Waals surface area contributed by atoms with Crippen LogP contribution in [-0.2, 0) is 0 Å². The molecular formula is C83H54N6. The summed E-state index contributed by atoms with van der Waals surface area (Å²) in [7, 11) is 0. The van der Waals surface area contributed by atoms with Crippen LogP contribution in [0.5, 0.6) is 0 Å². The van der Waals surface area contributed by atoms with Crippen LogP contribution in [0.25, 0.3) is 177 Å². The molecule has 20 rings (SSSR count). The Kier molecular flexibility index (Phi) is 11.0. The molecule has 4 aromatic heterocycles. The normalized spacial score (nSPS) is 13.2. The lowest BCUT2D eigenvalue weighted by Gasteiger charge is -2.17. The van der Waals surface area contributed by atoms with Crippen LogP contribution in [0.4, 0.5) is 0 Å². The Morgan fingerprint density at radius 1 is 0.281 bits per heavy atom. The first-order valence-corrected chi connectivity index (χ1v) is 31.1. The summed E-state index contributed by atoms with van der Waals surface area (Å²) in [4.78, 5) is 20.3. The fourth-order valence-electron chi connectivity index (χ4n) is 15.4. The Hall–Kier alpha value is -11.3. The van der Waals surface area contributed by atoms with Gasteiger partial charge in [0.05, 0.1) is 44.5 Å². The first-order valence-electron chi connectivity index (χ1n) is 31.1. The molecule has 1 fully saturated rings. The van der Waals surface area contributed by atoms with Gasteiger partial charge < -0.3 is 9.13 Å². The molecule has 13 aromatic carbocycles. The second-order valence-electron chi connectivity index (χ2n) is 24.2. The van der Waals surface area contributed by atoms with E-state index >= 15 is 0 Å². The number of benzene rings is 13. The largest absolute Gasteiger partial charge is 0.309 e. The summed E-state index contributed by atoms with van der Waals surface area (Å²) >= 11 is 0. The maximum absolute atomic E-state index is 5.16. The van der Waals surface area contributed by atoms with Gasteiger partial charge in [-0.25, -0.2) is 19.9 Å². The zero-order valence-corrected chi connectivity index (χ0v) is 48.6. The molecule has 0 N–H and O–H groups in total. The molecule has 89 heavy (non-hydrogen) atoms. The van der Waals surface area contributed by atoms with Gasteiger partial charge in [0.15, 0.2) is 11.6 Å². The lowest BCUT2D eigenvalue weighted by Crippen LogP contribution is -1.99. The molecule has 0 amide bonds. The minimum atomic E-state index is 0.666. The first-order chi connectivity index (χ1) is 44.1. The average Bonchev–Trinajstić information content (AvgIpc) is 1.55. The van der Waals surface area contributed by atoms with Crippen LogP contribution in [0, 0.1) is 0 Å². The minimum Gasteiger partial charge on any atom is -0.309 e. The van der Waals surface area contributed by atoms with Crippen LogP contribution in [0.3, 0.4) is 0 Å². The summed E-state index contributed by atoms with van der Waals surface area (Å²) in [5.41, 5.74) is 24.9. The quantitative estimate of drug-likeness (QED) is 0.152. The van der Waals surface area contributed by atoms with Gasteiger partial charge in [-0.2, -0.15) is 0 Å². The third-order valence-electron chi connectivity index (χ3n) is 19.4.